The molecule has 1 aromatic heterocycles. The number of ether oxygens (including phenoxy) is 2. The average Bonchev–Trinajstić information content (AvgIpc) is 3.27. The Kier molecular flexibility index (Phi) is 11.4. The van der Waals surface area contributed by atoms with Crippen LogP contribution in [0.3, 0.4) is 0 Å². The van der Waals surface area contributed by atoms with Crippen molar-refractivity contribution in [2.24, 2.45) is 4.99 Å². The Morgan fingerprint density at radius 1 is 0.974 bits per heavy atom. The molecule has 3 aromatic rings. The first kappa shape index (κ1) is 30.7. The predicted octanol–water partition coefficient (Wildman–Crippen LogP) is 4.86. The summed E-state index contributed by atoms with van der Waals surface area (Å²) < 4.78 is 41.0. The van der Waals surface area contributed by atoms with Gasteiger partial charge >= 0.3 is 5.97 Å². The van der Waals surface area contributed by atoms with Crippen molar-refractivity contribution in [3.8, 4) is 0 Å². The molecule has 0 aliphatic carbocycles. The summed E-state index contributed by atoms with van der Waals surface area (Å²) in [7, 11) is -2.06. The molecule has 11 heteroatoms. The van der Waals surface area contributed by atoms with Crippen LogP contribution < -0.4 is 4.80 Å². The van der Waals surface area contributed by atoms with Crippen molar-refractivity contribution in [2.45, 2.75) is 57.9 Å². The Labute approximate surface area is 234 Å². The van der Waals surface area contributed by atoms with Gasteiger partial charge in [-0.15, -0.1) is 0 Å². The number of aromatic nitrogens is 1. The van der Waals surface area contributed by atoms with E-state index in [1.807, 2.05) is 18.4 Å². The Bertz CT molecular complexity index is 1430. The Balaban J connectivity index is 1.94. The van der Waals surface area contributed by atoms with Gasteiger partial charge in [-0.05, 0) is 62.2 Å². The van der Waals surface area contributed by atoms with Crippen LogP contribution in [-0.4, -0.2) is 62.6 Å². The number of nitrogens with zero attached hydrogens (tertiary/aromatic N) is 3. The number of sulfonamides is 1. The van der Waals surface area contributed by atoms with Gasteiger partial charge in [-0.2, -0.15) is 9.30 Å². The number of hydrogen-bond donors (Lipinski definition) is 0. The fourth-order valence-corrected chi connectivity index (χ4v) is 6.60. The van der Waals surface area contributed by atoms with Crippen molar-refractivity contribution in [2.75, 3.05) is 33.4 Å². The Morgan fingerprint density at radius 2 is 1.62 bits per heavy atom. The summed E-state index contributed by atoms with van der Waals surface area (Å²) in [5, 5.41) is 0. The number of carbonyl (C=O) groups excluding carboxylic acids is 2. The molecule has 1 amide bonds. The van der Waals surface area contributed by atoms with Crippen LogP contribution in [0, 0.1) is 0 Å². The van der Waals surface area contributed by atoms with E-state index in [0.717, 1.165) is 35.9 Å². The van der Waals surface area contributed by atoms with Crippen LogP contribution >= 0.6 is 11.3 Å². The van der Waals surface area contributed by atoms with Gasteiger partial charge in [0.1, 0.15) is 0 Å². The highest BCUT2D eigenvalue weighted by atomic mass is 32.2. The van der Waals surface area contributed by atoms with Crippen LogP contribution in [-0.2, 0) is 26.0 Å². The van der Waals surface area contributed by atoms with E-state index < -0.39 is 21.9 Å². The topological polar surface area (TPSA) is 107 Å². The molecule has 0 saturated heterocycles. The maximum atomic E-state index is 13.2. The minimum absolute atomic E-state index is 0.162. The molecule has 0 spiro atoms. The van der Waals surface area contributed by atoms with Gasteiger partial charge in [0, 0.05) is 32.3 Å². The van der Waals surface area contributed by atoms with E-state index in [0.29, 0.717) is 36.6 Å². The van der Waals surface area contributed by atoms with Crippen LogP contribution in [0.4, 0.5) is 0 Å². The molecule has 0 N–H and O–H groups in total. The van der Waals surface area contributed by atoms with E-state index in [1.54, 1.807) is 32.2 Å². The maximum absolute atomic E-state index is 13.2. The van der Waals surface area contributed by atoms with E-state index in [4.69, 9.17) is 9.47 Å². The molecule has 39 heavy (non-hydrogen) atoms. The highest BCUT2D eigenvalue weighted by molar-refractivity contribution is 7.89. The SMILES string of the molecule is CCCCN(CCCC)S(=O)(=O)c1ccc(C(=O)N=c2sc3cc(C(=O)OCC)ccc3n2CCOC)cc1. The fraction of sp³-hybridized carbons (Fsp3) is 0.464. The second kappa shape index (κ2) is 14.5. The first-order valence-electron chi connectivity index (χ1n) is 13.3. The third kappa shape index (κ3) is 7.63. The molecular formula is C28H37N3O6S2. The lowest BCUT2D eigenvalue weighted by molar-refractivity contribution is 0.0526. The normalized spacial score (nSPS) is 12.4. The molecule has 3 rings (SSSR count). The predicted molar refractivity (Wildman–Crippen MR) is 153 cm³/mol. The zero-order valence-electron chi connectivity index (χ0n) is 23.0. The molecule has 0 atom stereocenters. The summed E-state index contributed by atoms with van der Waals surface area (Å²) in [6.07, 6.45) is 3.38. The van der Waals surface area contributed by atoms with Gasteiger partial charge in [-0.1, -0.05) is 38.0 Å². The van der Waals surface area contributed by atoms with E-state index >= 15 is 0 Å². The zero-order valence-corrected chi connectivity index (χ0v) is 24.6. The minimum Gasteiger partial charge on any atom is -0.462 e. The number of fused-ring (bicyclic) bond motifs is 1. The zero-order chi connectivity index (χ0) is 28.4. The highest BCUT2D eigenvalue weighted by Crippen LogP contribution is 2.21. The Hall–Kier alpha value is -2.86. The summed E-state index contributed by atoms with van der Waals surface area (Å²) in [4.78, 5) is 30.3. The van der Waals surface area contributed by atoms with Crippen molar-refractivity contribution in [1.82, 2.24) is 8.87 Å². The third-order valence-electron chi connectivity index (χ3n) is 6.17. The van der Waals surface area contributed by atoms with E-state index in [1.165, 1.54) is 39.9 Å². The standard InChI is InChI=1S/C28H37N3O6S2/c1-5-8-16-30(17-9-6-2)39(34,35)23-13-10-21(11-14-23)26(32)29-28-31(18-19-36-4)24-15-12-22(20-25(24)38-28)27(33)37-7-3/h10-15,20H,5-9,16-19H2,1-4H3. The number of hydrogen-bond acceptors (Lipinski definition) is 7. The van der Waals surface area contributed by atoms with Crippen molar-refractivity contribution in [1.29, 1.82) is 0 Å². The smallest absolute Gasteiger partial charge is 0.338 e. The molecule has 0 unspecified atom stereocenters. The highest BCUT2D eigenvalue weighted by Gasteiger charge is 2.24. The van der Waals surface area contributed by atoms with Crippen molar-refractivity contribution >= 4 is 43.5 Å². The van der Waals surface area contributed by atoms with Gasteiger partial charge in [-0.3, -0.25) is 4.79 Å². The van der Waals surface area contributed by atoms with E-state index in [2.05, 4.69) is 4.99 Å². The summed E-state index contributed by atoms with van der Waals surface area (Å²) in [6, 6.07) is 11.2. The van der Waals surface area contributed by atoms with Crippen LogP contribution in [0.1, 0.15) is 67.2 Å². The first-order chi connectivity index (χ1) is 18.8. The molecule has 0 saturated carbocycles. The van der Waals surface area contributed by atoms with Crippen LogP contribution in [0.25, 0.3) is 10.2 Å². The van der Waals surface area contributed by atoms with Crippen LogP contribution in [0.5, 0.6) is 0 Å². The largest absolute Gasteiger partial charge is 0.462 e. The number of esters is 1. The number of rotatable bonds is 14. The third-order valence-corrected chi connectivity index (χ3v) is 9.13. The van der Waals surface area contributed by atoms with Crippen LogP contribution in [0.2, 0.25) is 0 Å². The lowest BCUT2D eigenvalue weighted by Crippen LogP contribution is -2.33. The molecule has 2 aromatic carbocycles. The first-order valence-corrected chi connectivity index (χ1v) is 15.5. The van der Waals surface area contributed by atoms with E-state index in [-0.39, 0.29) is 17.1 Å². The van der Waals surface area contributed by atoms with E-state index in [9.17, 15) is 18.0 Å². The summed E-state index contributed by atoms with van der Waals surface area (Å²) in [6.45, 7) is 7.91. The quantitative estimate of drug-likeness (QED) is 0.254. The van der Waals surface area contributed by atoms with Crippen molar-refractivity contribution < 1.29 is 27.5 Å². The van der Waals surface area contributed by atoms with Gasteiger partial charge in [0.25, 0.3) is 5.91 Å². The number of thiazole rings is 1. The fourth-order valence-electron chi connectivity index (χ4n) is 3.99. The number of methoxy groups -OCH3 is 1. The molecule has 0 aliphatic rings. The molecule has 0 radical (unpaired) electrons. The molecule has 0 aliphatic heterocycles. The second-order valence-corrected chi connectivity index (χ2v) is 11.9. The summed E-state index contributed by atoms with van der Waals surface area (Å²) in [5.41, 5.74) is 1.52. The van der Waals surface area contributed by atoms with Gasteiger partial charge in [-0.25, -0.2) is 13.2 Å². The number of carbonyl (C=O) groups is 2. The van der Waals surface area contributed by atoms with Gasteiger partial charge < -0.3 is 14.0 Å². The molecular weight excluding hydrogens is 538 g/mol. The van der Waals surface area contributed by atoms with Gasteiger partial charge in [0.15, 0.2) is 4.80 Å². The molecule has 1 heterocycles. The van der Waals surface area contributed by atoms with Crippen LogP contribution in [0.15, 0.2) is 52.4 Å². The number of amides is 1. The molecule has 0 fully saturated rings. The number of unbranched alkanes of at least 4 members (excludes halogenated alkanes) is 2. The lowest BCUT2D eigenvalue weighted by Gasteiger charge is -2.22. The lowest BCUT2D eigenvalue weighted by atomic mass is 10.2. The van der Waals surface area contributed by atoms with Crippen molar-refractivity contribution in [3.05, 3.63) is 58.4 Å². The minimum atomic E-state index is -3.66. The molecule has 212 valence electrons. The van der Waals surface area contributed by atoms with Crippen molar-refractivity contribution in [3.63, 3.8) is 0 Å². The average molecular weight is 576 g/mol. The second-order valence-electron chi connectivity index (χ2n) is 8.98. The molecule has 9 nitrogen and oxygen atoms in total. The monoisotopic (exact) mass is 575 g/mol. The molecule has 0 bridgehead atoms. The number of benzene rings is 2. The summed E-state index contributed by atoms with van der Waals surface area (Å²) >= 11 is 1.28. The van der Waals surface area contributed by atoms with Gasteiger partial charge in [0.05, 0.1) is 33.9 Å². The maximum Gasteiger partial charge on any atom is 0.338 e. The van der Waals surface area contributed by atoms with Gasteiger partial charge in [0.2, 0.25) is 10.0 Å². The summed E-state index contributed by atoms with van der Waals surface area (Å²) in [5.74, 6) is -0.903. The Morgan fingerprint density at radius 3 is 2.21 bits per heavy atom.